The summed E-state index contributed by atoms with van der Waals surface area (Å²) in [6, 6.07) is 14.2. The number of ether oxygens (including phenoxy) is 2. The zero-order valence-corrected chi connectivity index (χ0v) is 18.1. The summed E-state index contributed by atoms with van der Waals surface area (Å²) in [5.41, 5.74) is 2.14. The summed E-state index contributed by atoms with van der Waals surface area (Å²) in [5, 5.41) is 0. The molecule has 0 fully saturated rings. The van der Waals surface area contributed by atoms with Crippen molar-refractivity contribution in [3.63, 3.8) is 0 Å². The van der Waals surface area contributed by atoms with Crippen molar-refractivity contribution < 1.29 is 19.1 Å². The quantitative estimate of drug-likeness (QED) is 0.172. The molecule has 0 aromatic heterocycles. The minimum absolute atomic E-state index is 0.248. The second kappa shape index (κ2) is 12.6. The first kappa shape index (κ1) is 23.4. The molecule has 30 heavy (non-hydrogen) atoms. The highest BCUT2D eigenvalue weighted by molar-refractivity contribution is 6.01. The molecule has 0 heterocycles. The van der Waals surface area contributed by atoms with Gasteiger partial charge in [-0.3, -0.25) is 4.79 Å². The predicted molar refractivity (Wildman–Crippen MR) is 120 cm³/mol. The van der Waals surface area contributed by atoms with Crippen LogP contribution in [0, 0.1) is 0 Å². The van der Waals surface area contributed by atoms with Gasteiger partial charge < -0.3 is 9.47 Å². The summed E-state index contributed by atoms with van der Waals surface area (Å²) >= 11 is 0. The van der Waals surface area contributed by atoms with Gasteiger partial charge in [0.1, 0.15) is 12.4 Å². The van der Waals surface area contributed by atoms with E-state index in [4.69, 9.17) is 9.47 Å². The van der Waals surface area contributed by atoms with Gasteiger partial charge >= 0.3 is 5.97 Å². The molecule has 0 amide bonds. The van der Waals surface area contributed by atoms with Crippen molar-refractivity contribution in [3.05, 3.63) is 77.9 Å². The Bertz CT molecular complexity index is 806. The Balaban J connectivity index is 1.85. The van der Waals surface area contributed by atoms with Crippen molar-refractivity contribution in [1.82, 2.24) is 0 Å². The molecule has 0 radical (unpaired) electrons. The van der Waals surface area contributed by atoms with Crippen molar-refractivity contribution in [2.24, 2.45) is 0 Å². The molecule has 0 spiro atoms. The Morgan fingerprint density at radius 1 is 0.933 bits per heavy atom. The lowest BCUT2D eigenvalue weighted by Gasteiger charge is -2.13. The smallest absolute Gasteiger partial charge is 0.338 e. The van der Waals surface area contributed by atoms with E-state index >= 15 is 0 Å². The number of hydrogen-bond acceptors (Lipinski definition) is 4. The average molecular weight is 409 g/mol. The van der Waals surface area contributed by atoms with Crippen LogP contribution in [0.4, 0.5) is 0 Å². The van der Waals surface area contributed by atoms with E-state index in [0.717, 1.165) is 12.8 Å². The van der Waals surface area contributed by atoms with Gasteiger partial charge in [-0.05, 0) is 61.7 Å². The fraction of sp³-hybridized carbons (Fsp3) is 0.385. The molecule has 0 aliphatic carbocycles. The fourth-order valence-electron chi connectivity index (χ4n) is 3.13. The van der Waals surface area contributed by atoms with Crippen LogP contribution in [0.2, 0.25) is 0 Å². The van der Waals surface area contributed by atoms with Crippen LogP contribution in [-0.4, -0.2) is 24.5 Å². The van der Waals surface area contributed by atoms with Crippen LogP contribution in [0.5, 0.6) is 5.75 Å². The second-order valence-electron chi connectivity index (χ2n) is 7.40. The Morgan fingerprint density at radius 3 is 2.20 bits per heavy atom. The van der Waals surface area contributed by atoms with E-state index in [1.54, 1.807) is 49.4 Å². The molecular weight excluding hydrogens is 376 g/mol. The highest BCUT2D eigenvalue weighted by atomic mass is 16.5. The van der Waals surface area contributed by atoms with E-state index in [9.17, 15) is 9.59 Å². The van der Waals surface area contributed by atoms with E-state index in [1.807, 2.05) is 12.1 Å². The van der Waals surface area contributed by atoms with E-state index in [-0.39, 0.29) is 5.78 Å². The number of hydrogen-bond donors (Lipinski definition) is 0. The van der Waals surface area contributed by atoms with Crippen molar-refractivity contribution in [3.8, 4) is 5.75 Å². The number of rotatable bonds is 13. The molecule has 0 N–H and O–H groups in total. The van der Waals surface area contributed by atoms with E-state index in [0.29, 0.717) is 23.5 Å². The number of Topliss-reactive ketones (excluding diaryl/α,β-unsaturated/α-hetero) is 1. The minimum Gasteiger partial charge on any atom is -0.490 e. The summed E-state index contributed by atoms with van der Waals surface area (Å²) in [6.07, 6.45) is 8.00. The number of benzene rings is 2. The maximum atomic E-state index is 12.5. The average Bonchev–Trinajstić information content (AvgIpc) is 2.77. The Morgan fingerprint density at radius 2 is 1.57 bits per heavy atom. The third kappa shape index (κ3) is 7.51. The molecule has 4 nitrogen and oxygen atoms in total. The molecular formula is C26H32O4. The van der Waals surface area contributed by atoms with Crippen molar-refractivity contribution >= 4 is 11.8 Å². The third-order valence-electron chi connectivity index (χ3n) is 4.92. The summed E-state index contributed by atoms with van der Waals surface area (Å²) in [7, 11) is 0. The maximum Gasteiger partial charge on any atom is 0.338 e. The van der Waals surface area contributed by atoms with Crippen LogP contribution >= 0.6 is 0 Å². The fourth-order valence-corrected chi connectivity index (χ4v) is 3.13. The summed E-state index contributed by atoms with van der Waals surface area (Å²) in [4.78, 5) is 25.0. The molecule has 2 rings (SSSR count). The van der Waals surface area contributed by atoms with Crippen LogP contribution in [-0.2, 0) is 11.2 Å². The van der Waals surface area contributed by atoms with Gasteiger partial charge in [0.25, 0.3) is 0 Å². The van der Waals surface area contributed by atoms with Gasteiger partial charge in [0.2, 0.25) is 5.78 Å². The van der Waals surface area contributed by atoms with Crippen LogP contribution in [0.3, 0.4) is 0 Å². The third-order valence-corrected chi connectivity index (χ3v) is 4.92. The van der Waals surface area contributed by atoms with Crippen LogP contribution in [0.25, 0.3) is 0 Å². The van der Waals surface area contributed by atoms with Crippen LogP contribution in [0.1, 0.15) is 72.2 Å². The lowest BCUT2D eigenvalue weighted by molar-refractivity contribution is 0.0319. The Labute approximate surface area is 179 Å². The molecule has 0 saturated carbocycles. The van der Waals surface area contributed by atoms with Gasteiger partial charge in [-0.2, -0.15) is 0 Å². The van der Waals surface area contributed by atoms with Gasteiger partial charge in [-0.15, -0.1) is 0 Å². The molecule has 0 bridgehead atoms. The van der Waals surface area contributed by atoms with Crippen molar-refractivity contribution in [1.29, 1.82) is 0 Å². The zero-order chi connectivity index (χ0) is 21.8. The lowest BCUT2D eigenvalue weighted by atomic mass is 10.0. The highest BCUT2D eigenvalue weighted by Gasteiger charge is 2.20. The standard InChI is InChI=1S/C26H32O4/c1-4-6-7-8-9-10-21-11-13-23(14-12-21)26(28)30-20(3)25(27)22-15-17-24(18-16-22)29-19-5-2/h5,11-18,20H,2,4,6-10,19H2,1,3H3. The number of esters is 1. The van der Waals surface area contributed by atoms with Gasteiger partial charge in [-0.1, -0.05) is 57.4 Å². The minimum atomic E-state index is -0.865. The summed E-state index contributed by atoms with van der Waals surface area (Å²) in [5.74, 6) is -0.0832. The molecule has 0 saturated heterocycles. The molecule has 1 atom stereocenters. The maximum absolute atomic E-state index is 12.5. The van der Waals surface area contributed by atoms with Gasteiger partial charge in [-0.25, -0.2) is 4.79 Å². The normalized spacial score (nSPS) is 11.5. The first-order chi connectivity index (χ1) is 14.5. The number of carbonyl (C=O) groups excluding carboxylic acids is 2. The van der Waals surface area contributed by atoms with Crippen LogP contribution < -0.4 is 4.74 Å². The molecule has 160 valence electrons. The monoisotopic (exact) mass is 408 g/mol. The first-order valence-electron chi connectivity index (χ1n) is 10.7. The lowest BCUT2D eigenvalue weighted by Crippen LogP contribution is -2.24. The second-order valence-corrected chi connectivity index (χ2v) is 7.40. The molecule has 0 aliphatic rings. The Kier molecular flexibility index (Phi) is 9.85. The van der Waals surface area contributed by atoms with Crippen LogP contribution in [0.15, 0.2) is 61.2 Å². The molecule has 4 heteroatoms. The van der Waals surface area contributed by atoms with Crippen molar-refractivity contribution in [2.75, 3.05) is 6.61 Å². The topological polar surface area (TPSA) is 52.6 Å². The summed E-state index contributed by atoms with van der Waals surface area (Å²) in [6.45, 7) is 7.80. The zero-order valence-electron chi connectivity index (χ0n) is 18.1. The Hall–Kier alpha value is -2.88. The van der Waals surface area contributed by atoms with Crippen molar-refractivity contribution in [2.45, 2.75) is 58.5 Å². The molecule has 1 unspecified atom stereocenters. The SMILES string of the molecule is C=CCOc1ccc(C(=O)C(C)OC(=O)c2ccc(CCCCCCC)cc2)cc1. The molecule has 0 aliphatic heterocycles. The number of ketones is 1. The van der Waals surface area contributed by atoms with Gasteiger partial charge in [0.15, 0.2) is 6.10 Å². The number of unbranched alkanes of at least 4 members (excludes halogenated alkanes) is 4. The van der Waals surface area contributed by atoms with E-state index in [1.165, 1.54) is 31.2 Å². The molecule has 2 aromatic carbocycles. The first-order valence-corrected chi connectivity index (χ1v) is 10.7. The number of aryl methyl sites for hydroxylation is 1. The van der Waals surface area contributed by atoms with Gasteiger partial charge in [0.05, 0.1) is 5.56 Å². The predicted octanol–water partition coefficient (Wildman–Crippen LogP) is 6.19. The number of carbonyl (C=O) groups is 2. The summed E-state index contributed by atoms with van der Waals surface area (Å²) < 4.78 is 10.8. The van der Waals surface area contributed by atoms with Gasteiger partial charge in [0, 0.05) is 5.56 Å². The molecule has 2 aromatic rings. The van der Waals surface area contributed by atoms with E-state index < -0.39 is 12.1 Å². The van der Waals surface area contributed by atoms with E-state index in [2.05, 4.69) is 13.5 Å². The largest absolute Gasteiger partial charge is 0.490 e. The highest BCUT2D eigenvalue weighted by Crippen LogP contribution is 2.16.